The fourth-order valence-electron chi connectivity index (χ4n) is 2.72. The van der Waals surface area contributed by atoms with E-state index in [4.69, 9.17) is 4.74 Å². The van der Waals surface area contributed by atoms with Crippen molar-refractivity contribution >= 4 is 5.91 Å². The van der Waals surface area contributed by atoms with Gasteiger partial charge in [-0.15, -0.1) is 0 Å². The van der Waals surface area contributed by atoms with E-state index in [0.717, 1.165) is 11.3 Å². The van der Waals surface area contributed by atoms with Crippen molar-refractivity contribution in [1.82, 2.24) is 25.3 Å². The normalized spacial score (nSPS) is 11.8. The third-order valence-corrected chi connectivity index (χ3v) is 4.15. The number of hydrogen-bond acceptors (Lipinski definition) is 5. The van der Waals surface area contributed by atoms with Crippen LogP contribution in [0.4, 0.5) is 0 Å². The van der Waals surface area contributed by atoms with Crippen LogP contribution in [0.3, 0.4) is 0 Å². The van der Waals surface area contributed by atoms with Crippen LogP contribution in [0, 0.1) is 6.92 Å². The number of ether oxygens (including phenoxy) is 1. The number of benzene rings is 1. The Morgan fingerprint density at radius 3 is 2.85 bits per heavy atom. The van der Waals surface area contributed by atoms with Gasteiger partial charge in [-0.25, -0.2) is 9.78 Å². The zero-order valence-corrected chi connectivity index (χ0v) is 15.4. The van der Waals surface area contributed by atoms with Crippen molar-refractivity contribution in [1.29, 1.82) is 0 Å². The molecule has 1 aromatic carbocycles. The van der Waals surface area contributed by atoms with Crippen LogP contribution in [0.2, 0.25) is 0 Å². The third kappa shape index (κ3) is 4.05. The first-order chi connectivity index (χ1) is 13.0. The Kier molecular flexibility index (Phi) is 5.35. The van der Waals surface area contributed by atoms with Crippen molar-refractivity contribution in [2.45, 2.75) is 26.8 Å². The molecule has 3 aromatic rings. The van der Waals surface area contributed by atoms with Crippen molar-refractivity contribution in [3.8, 4) is 11.6 Å². The number of carbonyl (C=O) groups is 1. The Bertz CT molecular complexity index is 988. The molecule has 0 unspecified atom stereocenters. The van der Waals surface area contributed by atoms with E-state index in [2.05, 4.69) is 20.6 Å². The largest absolute Gasteiger partial charge is 0.494 e. The van der Waals surface area contributed by atoms with Crippen molar-refractivity contribution in [2.75, 3.05) is 6.61 Å². The molecule has 2 aromatic heterocycles. The van der Waals surface area contributed by atoms with Crippen molar-refractivity contribution in [3.05, 3.63) is 69.8 Å². The molecule has 3 rings (SSSR count). The molecule has 0 saturated heterocycles. The minimum absolute atomic E-state index is 0.202. The van der Waals surface area contributed by atoms with E-state index >= 15 is 0 Å². The lowest BCUT2D eigenvalue weighted by Crippen LogP contribution is -2.27. The number of aromatic nitrogens is 4. The third-order valence-electron chi connectivity index (χ3n) is 4.15. The van der Waals surface area contributed by atoms with Gasteiger partial charge in [-0.05, 0) is 44.5 Å². The Hall–Kier alpha value is -3.42. The quantitative estimate of drug-likeness (QED) is 0.695. The molecular formula is C19H21N5O3. The molecule has 0 fully saturated rings. The number of aromatic amines is 1. The molecule has 0 aliphatic rings. The van der Waals surface area contributed by atoms with Gasteiger partial charge in [0.15, 0.2) is 5.82 Å². The van der Waals surface area contributed by atoms with Crippen LogP contribution < -0.4 is 15.6 Å². The van der Waals surface area contributed by atoms with E-state index in [1.54, 1.807) is 13.0 Å². The molecule has 2 heterocycles. The number of nitrogens with zero attached hydrogens (tertiary/aromatic N) is 3. The van der Waals surface area contributed by atoms with Gasteiger partial charge >= 0.3 is 0 Å². The molecule has 0 aliphatic heterocycles. The summed E-state index contributed by atoms with van der Waals surface area (Å²) >= 11 is 0. The summed E-state index contributed by atoms with van der Waals surface area (Å²) in [6.07, 6.45) is 1.49. The highest BCUT2D eigenvalue weighted by atomic mass is 16.5. The molecule has 1 amide bonds. The van der Waals surface area contributed by atoms with Crippen molar-refractivity contribution in [2.24, 2.45) is 0 Å². The first-order valence-corrected chi connectivity index (χ1v) is 8.64. The maximum absolute atomic E-state index is 12.7. The molecule has 27 heavy (non-hydrogen) atoms. The monoisotopic (exact) mass is 367 g/mol. The lowest BCUT2D eigenvalue weighted by molar-refractivity contribution is 0.0939. The fourth-order valence-corrected chi connectivity index (χ4v) is 2.72. The summed E-state index contributed by atoms with van der Waals surface area (Å²) in [7, 11) is 0. The summed E-state index contributed by atoms with van der Waals surface area (Å²) in [5, 5.41) is 13.5. The summed E-state index contributed by atoms with van der Waals surface area (Å²) in [5.74, 6) is 0.963. The zero-order valence-electron chi connectivity index (χ0n) is 15.4. The second-order valence-electron chi connectivity index (χ2n) is 6.04. The number of amides is 1. The molecule has 8 heteroatoms. The number of hydrogen-bond donors (Lipinski definition) is 2. The van der Waals surface area contributed by atoms with Gasteiger partial charge in [0.25, 0.3) is 11.5 Å². The van der Waals surface area contributed by atoms with Crippen LogP contribution in [-0.4, -0.2) is 32.5 Å². The number of carbonyl (C=O) groups excluding carboxylic acids is 1. The summed E-state index contributed by atoms with van der Waals surface area (Å²) in [5.41, 5.74) is 1.71. The van der Waals surface area contributed by atoms with Crippen LogP contribution in [0.1, 0.15) is 41.5 Å². The number of rotatable bonds is 6. The molecular weight excluding hydrogens is 346 g/mol. The van der Waals surface area contributed by atoms with Gasteiger partial charge in [-0.2, -0.15) is 10.2 Å². The number of H-pyrrole nitrogens is 1. The highest BCUT2D eigenvalue weighted by Crippen LogP contribution is 2.20. The van der Waals surface area contributed by atoms with Gasteiger partial charge in [0, 0.05) is 6.07 Å². The molecule has 0 saturated carbocycles. The Morgan fingerprint density at radius 2 is 2.15 bits per heavy atom. The minimum atomic E-state index is -0.301. The van der Waals surface area contributed by atoms with Crippen LogP contribution in [0.15, 0.2) is 47.4 Å². The minimum Gasteiger partial charge on any atom is -0.494 e. The molecule has 0 bridgehead atoms. The van der Waals surface area contributed by atoms with E-state index in [9.17, 15) is 9.59 Å². The second-order valence-corrected chi connectivity index (χ2v) is 6.04. The van der Waals surface area contributed by atoms with E-state index in [0.29, 0.717) is 23.7 Å². The fraction of sp³-hybridized carbons (Fsp3) is 0.263. The Balaban J connectivity index is 1.77. The highest BCUT2D eigenvalue weighted by molar-refractivity contribution is 5.95. The Morgan fingerprint density at radius 1 is 1.33 bits per heavy atom. The van der Waals surface area contributed by atoms with Gasteiger partial charge < -0.3 is 10.1 Å². The maximum atomic E-state index is 12.7. The predicted octanol–water partition coefficient (Wildman–Crippen LogP) is 2.15. The summed E-state index contributed by atoms with van der Waals surface area (Å²) in [6, 6.07) is 10.3. The predicted molar refractivity (Wildman–Crippen MR) is 100 cm³/mol. The van der Waals surface area contributed by atoms with E-state index < -0.39 is 0 Å². The van der Waals surface area contributed by atoms with E-state index in [1.807, 2.05) is 38.1 Å². The van der Waals surface area contributed by atoms with Crippen LogP contribution in [0.25, 0.3) is 5.82 Å². The average Bonchev–Trinajstić information content (AvgIpc) is 3.04. The van der Waals surface area contributed by atoms with Crippen LogP contribution >= 0.6 is 0 Å². The molecule has 0 spiro atoms. The lowest BCUT2D eigenvalue weighted by atomic mass is 10.1. The molecule has 0 radical (unpaired) electrons. The standard InChI is InChI=1S/C19H21N5O3/c1-4-27-15-7-5-6-14(10-15)12(2)21-19(26)16-11-20-24(13(16)3)17-8-9-18(25)23-22-17/h5-12H,4H2,1-3H3,(H,21,26)(H,23,25)/t12-/m0/s1. The summed E-state index contributed by atoms with van der Waals surface area (Å²) < 4.78 is 7.01. The first-order valence-electron chi connectivity index (χ1n) is 8.64. The molecule has 140 valence electrons. The van der Waals surface area contributed by atoms with E-state index in [-0.39, 0.29) is 17.5 Å². The smallest absolute Gasteiger partial charge is 0.264 e. The van der Waals surface area contributed by atoms with Crippen LogP contribution in [-0.2, 0) is 0 Å². The van der Waals surface area contributed by atoms with Gasteiger partial charge in [0.05, 0.1) is 30.1 Å². The van der Waals surface area contributed by atoms with Crippen molar-refractivity contribution in [3.63, 3.8) is 0 Å². The molecule has 2 N–H and O–H groups in total. The van der Waals surface area contributed by atoms with Gasteiger partial charge in [-0.3, -0.25) is 9.59 Å². The van der Waals surface area contributed by atoms with Crippen molar-refractivity contribution < 1.29 is 9.53 Å². The van der Waals surface area contributed by atoms with Gasteiger partial charge in [-0.1, -0.05) is 12.1 Å². The summed E-state index contributed by atoms with van der Waals surface area (Å²) in [4.78, 5) is 23.8. The molecule has 1 atom stereocenters. The lowest BCUT2D eigenvalue weighted by Gasteiger charge is -2.15. The van der Waals surface area contributed by atoms with Gasteiger partial charge in [0.1, 0.15) is 5.75 Å². The topological polar surface area (TPSA) is 102 Å². The first kappa shape index (κ1) is 18.4. The maximum Gasteiger partial charge on any atom is 0.264 e. The van der Waals surface area contributed by atoms with Gasteiger partial charge in [0.2, 0.25) is 0 Å². The average molecular weight is 367 g/mol. The molecule has 0 aliphatic carbocycles. The Labute approximate surface area is 156 Å². The summed E-state index contributed by atoms with van der Waals surface area (Å²) in [6.45, 7) is 6.19. The number of nitrogens with one attached hydrogen (secondary N) is 2. The SMILES string of the molecule is CCOc1cccc([C@H](C)NC(=O)c2cnn(-c3ccc(=O)[nH]n3)c2C)c1. The van der Waals surface area contributed by atoms with E-state index in [1.165, 1.54) is 16.9 Å². The van der Waals surface area contributed by atoms with Crippen LogP contribution in [0.5, 0.6) is 5.75 Å². The second kappa shape index (κ2) is 7.86. The molecule has 8 nitrogen and oxygen atoms in total. The zero-order chi connectivity index (χ0) is 19.4. The highest BCUT2D eigenvalue weighted by Gasteiger charge is 2.18.